The molecule has 0 aliphatic carbocycles. The Balaban J connectivity index is 1.43. The number of pyridine rings is 1. The SMILES string of the molecule is Cc1cc(/C(F)=C/c2ccc(SC(C)(C)C(=O)N3CCCC3)cc2)nn1Cc1ccc(Cl)nc1. The summed E-state index contributed by atoms with van der Waals surface area (Å²) in [4.78, 5) is 19.8. The van der Waals surface area contributed by atoms with Crippen molar-refractivity contribution in [1.29, 1.82) is 0 Å². The lowest BCUT2D eigenvalue weighted by Crippen LogP contribution is -2.41. The van der Waals surface area contributed by atoms with Gasteiger partial charge in [0.1, 0.15) is 10.8 Å². The minimum Gasteiger partial charge on any atom is -0.342 e. The zero-order valence-corrected chi connectivity index (χ0v) is 21.2. The summed E-state index contributed by atoms with van der Waals surface area (Å²) in [6.45, 7) is 8.00. The van der Waals surface area contributed by atoms with E-state index in [-0.39, 0.29) is 11.6 Å². The third-order valence-electron chi connectivity index (χ3n) is 5.80. The molecule has 4 rings (SSSR count). The molecular formula is C26H28ClFN4OS. The number of aromatic nitrogens is 3. The van der Waals surface area contributed by atoms with Crippen molar-refractivity contribution in [2.75, 3.05) is 13.1 Å². The highest BCUT2D eigenvalue weighted by Crippen LogP contribution is 2.35. The summed E-state index contributed by atoms with van der Waals surface area (Å²) in [5.41, 5.74) is 2.81. The fourth-order valence-corrected chi connectivity index (χ4v) is 5.14. The smallest absolute Gasteiger partial charge is 0.238 e. The highest BCUT2D eigenvalue weighted by Gasteiger charge is 2.34. The highest BCUT2D eigenvalue weighted by molar-refractivity contribution is 8.01. The topological polar surface area (TPSA) is 51.0 Å². The van der Waals surface area contributed by atoms with Crippen LogP contribution in [0.4, 0.5) is 4.39 Å². The van der Waals surface area contributed by atoms with Gasteiger partial charge < -0.3 is 4.90 Å². The summed E-state index contributed by atoms with van der Waals surface area (Å²) in [6.07, 6.45) is 5.32. The summed E-state index contributed by atoms with van der Waals surface area (Å²) in [5.74, 6) is -0.230. The molecule has 2 aromatic heterocycles. The lowest BCUT2D eigenvalue weighted by Gasteiger charge is -2.28. The van der Waals surface area contributed by atoms with Crippen LogP contribution in [0.2, 0.25) is 5.15 Å². The van der Waals surface area contributed by atoms with Crippen LogP contribution < -0.4 is 0 Å². The Morgan fingerprint density at radius 2 is 1.88 bits per heavy atom. The number of aryl methyl sites for hydroxylation is 1. The fraction of sp³-hybridized carbons (Fsp3) is 0.346. The van der Waals surface area contributed by atoms with E-state index in [9.17, 15) is 9.18 Å². The van der Waals surface area contributed by atoms with Gasteiger partial charge in [-0.1, -0.05) is 29.8 Å². The quantitative estimate of drug-likeness (QED) is 0.285. The average molecular weight is 499 g/mol. The number of carbonyl (C=O) groups excluding carboxylic acids is 1. The number of benzene rings is 1. The monoisotopic (exact) mass is 498 g/mol. The molecule has 8 heteroatoms. The van der Waals surface area contributed by atoms with Crippen LogP contribution in [0, 0.1) is 6.92 Å². The van der Waals surface area contributed by atoms with Crippen molar-refractivity contribution in [2.45, 2.75) is 49.8 Å². The third-order valence-corrected chi connectivity index (χ3v) is 7.22. The van der Waals surface area contributed by atoms with Crippen molar-refractivity contribution < 1.29 is 9.18 Å². The molecule has 0 spiro atoms. The minimum atomic E-state index is -0.545. The van der Waals surface area contributed by atoms with Gasteiger partial charge in [-0.2, -0.15) is 5.10 Å². The van der Waals surface area contributed by atoms with Gasteiger partial charge in [0.2, 0.25) is 5.91 Å². The summed E-state index contributed by atoms with van der Waals surface area (Å²) < 4.78 is 16.2. The van der Waals surface area contributed by atoms with Crippen LogP contribution in [0.15, 0.2) is 53.6 Å². The molecule has 1 aliphatic heterocycles. The zero-order chi connectivity index (χ0) is 24.3. The first kappa shape index (κ1) is 24.5. The molecule has 0 radical (unpaired) electrons. The van der Waals surface area contributed by atoms with E-state index >= 15 is 0 Å². The lowest BCUT2D eigenvalue weighted by atomic mass is 10.2. The van der Waals surface area contributed by atoms with Crippen LogP contribution in [-0.2, 0) is 11.3 Å². The highest BCUT2D eigenvalue weighted by atomic mass is 35.5. The molecule has 5 nitrogen and oxygen atoms in total. The molecule has 0 atom stereocenters. The zero-order valence-electron chi connectivity index (χ0n) is 19.6. The molecule has 1 aromatic carbocycles. The van der Waals surface area contributed by atoms with Gasteiger partial charge in [0.05, 0.1) is 11.3 Å². The maximum atomic E-state index is 15.0. The standard InChI is InChI=1S/C26H28ClFN4OS/c1-18-14-23(30-32(18)17-20-8-11-24(27)29-16-20)22(28)15-19-6-9-21(10-7-19)34-26(2,3)25(33)31-12-4-5-13-31/h6-11,14-16H,4-5,12-13,17H2,1-3H3/b22-15-. The fourth-order valence-electron chi connectivity index (χ4n) is 3.95. The van der Waals surface area contributed by atoms with Gasteiger partial charge in [-0.3, -0.25) is 9.48 Å². The second-order valence-corrected chi connectivity index (χ2v) is 11.1. The predicted octanol–water partition coefficient (Wildman–Crippen LogP) is 6.25. The van der Waals surface area contributed by atoms with E-state index in [4.69, 9.17) is 11.6 Å². The van der Waals surface area contributed by atoms with Crippen molar-refractivity contribution in [1.82, 2.24) is 19.7 Å². The van der Waals surface area contributed by atoms with E-state index in [1.54, 1.807) is 23.0 Å². The molecule has 0 N–H and O–H groups in total. The summed E-state index contributed by atoms with van der Waals surface area (Å²) >= 11 is 7.38. The number of likely N-dealkylation sites (tertiary alicyclic amines) is 1. The second kappa shape index (κ2) is 10.3. The molecule has 0 saturated carbocycles. The van der Waals surface area contributed by atoms with Crippen LogP contribution in [0.5, 0.6) is 0 Å². The van der Waals surface area contributed by atoms with E-state index in [2.05, 4.69) is 10.1 Å². The first-order valence-electron chi connectivity index (χ1n) is 11.3. The molecule has 3 aromatic rings. The maximum Gasteiger partial charge on any atom is 0.238 e. The molecule has 1 saturated heterocycles. The number of halogens is 2. The number of rotatable bonds is 7. The average Bonchev–Trinajstić information content (AvgIpc) is 3.46. The van der Waals surface area contributed by atoms with Gasteiger partial charge in [-0.05, 0) is 75.1 Å². The van der Waals surface area contributed by atoms with Crippen LogP contribution in [0.3, 0.4) is 0 Å². The van der Waals surface area contributed by atoms with Gasteiger partial charge in [0.15, 0.2) is 5.83 Å². The van der Waals surface area contributed by atoms with Gasteiger partial charge in [0.25, 0.3) is 0 Å². The predicted molar refractivity (Wildman–Crippen MR) is 136 cm³/mol. The Morgan fingerprint density at radius 3 is 2.53 bits per heavy atom. The number of hydrogen-bond acceptors (Lipinski definition) is 4. The summed E-state index contributed by atoms with van der Waals surface area (Å²) in [6, 6.07) is 12.9. The van der Waals surface area contributed by atoms with Crippen molar-refractivity contribution in [3.05, 3.63) is 76.3 Å². The van der Waals surface area contributed by atoms with Crippen molar-refractivity contribution in [3.8, 4) is 0 Å². The first-order valence-corrected chi connectivity index (χ1v) is 12.5. The minimum absolute atomic E-state index is 0.172. The molecule has 34 heavy (non-hydrogen) atoms. The van der Waals surface area contributed by atoms with Crippen LogP contribution in [-0.4, -0.2) is 43.4 Å². The van der Waals surface area contributed by atoms with E-state index in [1.807, 2.05) is 56.0 Å². The molecule has 1 fully saturated rings. The number of hydrogen-bond donors (Lipinski definition) is 0. The Kier molecular flexibility index (Phi) is 7.43. The molecule has 178 valence electrons. The van der Waals surface area contributed by atoms with E-state index in [0.717, 1.165) is 47.6 Å². The van der Waals surface area contributed by atoms with Crippen LogP contribution in [0.1, 0.15) is 49.2 Å². The van der Waals surface area contributed by atoms with Gasteiger partial charge in [0, 0.05) is 29.9 Å². The van der Waals surface area contributed by atoms with Crippen molar-refractivity contribution in [3.63, 3.8) is 0 Å². The van der Waals surface area contributed by atoms with Crippen molar-refractivity contribution >= 4 is 41.2 Å². The Morgan fingerprint density at radius 1 is 1.18 bits per heavy atom. The normalized spacial score (nSPS) is 14.6. The number of amides is 1. The van der Waals surface area contributed by atoms with Crippen LogP contribution >= 0.6 is 23.4 Å². The van der Waals surface area contributed by atoms with Gasteiger partial charge in [-0.15, -0.1) is 11.8 Å². The number of carbonyl (C=O) groups is 1. The molecule has 3 heterocycles. The Bertz CT molecular complexity index is 1180. The Hall–Kier alpha value is -2.64. The summed E-state index contributed by atoms with van der Waals surface area (Å²) in [7, 11) is 0. The Labute approximate surface area is 209 Å². The molecule has 0 bridgehead atoms. The third kappa shape index (κ3) is 5.88. The van der Waals surface area contributed by atoms with Crippen molar-refractivity contribution in [2.24, 2.45) is 0 Å². The van der Waals surface area contributed by atoms with E-state index in [1.165, 1.54) is 17.8 Å². The van der Waals surface area contributed by atoms with Crippen LogP contribution in [0.25, 0.3) is 11.9 Å². The summed E-state index contributed by atoms with van der Waals surface area (Å²) in [5, 5.41) is 4.85. The van der Waals surface area contributed by atoms with E-state index < -0.39 is 10.6 Å². The number of nitrogens with zero attached hydrogens (tertiary/aromatic N) is 4. The maximum absolute atomic E-state index is 15.0. The van der Waals surface area contributed by atoms with Gasteiger partial charge in [-0.25, -0.2) is 9.37 Å². The molecular weight excluding hydrogens is 471 g/mol. The molecule has 0 unspecified atom stereocenters. The molecule has 1 amide bonds. The molecule has 1 aliphatic rings. The lowest BCUT2D eigenvalue weighted by molar-refractivity contribution is -0.131. The first-order chi connectivity index (χ1) is 16.2. The largest absolute Gasteiger partial charge is 0.342 e. The number of thioether (sulfide) groups is 1. The van der Waals surface area contributed by atoms with E-state index in [0.29, 0.717) is 11.7 Å². The van der Waals surface area contributed by atoms with Gasteiger partial charge >= 0.3 is 0 Å². The second-order valence-electron chi connectivity index (χ2n) is 8.99.